The molecule has 1 aliphatic rings. The van der Waals surface area contributed by atoms with Crippen molar-refractivity contribution >= 4 is 23.0 Å². The molecular weight excluding hydrogens is 437 g/mol. The summed E-state index contributed by atoms with van der Waals surface area (Å²) in [5.41, 5.74) is 2.73. The molecule has 1 fully saturated rings. The van der Waals surface area contributed by atoms with E-state index in [4.69, 9.17) is 4.74 Å². The fraction of sp³-hybridized carbons (Fsp3) is 0.522. The van der Waals surface area contributed by atoms with Crippen molar-refractivity contribution < 1.29 is 27.8 Å². The van der Waals surface area contributed by atoms with Gasteiger partial charge < -0.3 is 20.1 Å². The number of ether oxygens (including phenoxy) is 1. The van der Waals surface area contributed by atoms with Crippen molar-refractivity contribution in [2.45, 2.75) is 57.7 Å². The minimum Gasteiger partial charge on any atom is -0.481 e. The average molecular weight is 467 g/mol. The van der Waals surface area contributed by atoms with Crippen LogP contribution >= 0.6 is 0 Å². The summed E-state index contributed by atoms with van der Waals surface area (Å²) in [6, 6.07) is 6.03. The summed E-state index contributed by atoms with van der Waals surface area (Å²) in [4.78, 5) is 20.4. The Morgan fingerprint density at radius 1 is 1.24 bits per heavy atom. The highest BCUT2D eigenvalue weighted by Crippen LogP contribution is 2.36. The Labute approximate surface area is 191 Å². The zero-order valence-electron chi connectivity index (χ0n) is 18.7. The van der Waals surface area contributed by atoms with Gasteiger partial charge in [0.2, 0.25) is 5.82 Å². The third-order valence-electron chi connectivity index (χ3n) is 5.87. The molecule has 0 radical (unpaired) electrons. The molecule has 0 unspecified atom stereocenters. The zero-order valence-corrected chi connectivity index (χ0v) is 18.7. The fourth-order valence-electron chi connectivity index (χ4n) is 4.18. The van der Waals surface area contributed by atoms with Crippen LogP contribution in [-0.2, 0) is 15.7 Å². The molecule has 1 aromatic heterocycles. The Bertz CT molecular complexity index is 932. The van der Waals surface area contributed by atoms with E-state index in [0.29, 0.717) is 31.0 Å². The maximum atomic E-state index is 12.8. The zero-order chi connectivity index (χ0) is 24.0. The van der Waals surface area contributed by atoms with Crippen LogP contribution in [0.2, 0.25) is 0 Å². The molecule has 2 aromatic rings. The second kappa shape index (κ2) is 10.8. The van der Waals surface area contributed by atoms with Crippen LogP contribution in [0.15, 0.2) is 30.6 Å². The number of carboxylic acid groups (broad SMARTS) is 1. The van der Waals surface area contributed by atoms with Gasteiger partial charge >= 0.3 is 12.1 Å². The second-order valence-corrected chi connectivity index (χ2v) is 8.03. The minimum absolute atomic E-state index is 0.00384. The summed E-state index contributed by atoms with van der Waals surface area (Å²) < 4.78 is 44.0. The molecule has 0 amide bonds. The summed E-state index contributed by atoms with van der Waals surface area (Å²) in [7, 11) is 0. The van der Waals surface area contributed by atoms with Gasteiger partial charge in [-0.2, -0.15) is 13.2 Å². The predicted molar refractivity (Wildman–Crippen MR) is 119 cm³/mol. The number of anilines is 3. The maximum absolute atomic E-state index is 12.8. The van der Waals surface area contributed by atoms with E-state index >= 15 is 0 Å². The smallest absolute Gasteiger partial charge is 0.451 e. The first-order valence-corrected chi connectivity index (χ1v) is 11.1. The third-order valence-corrected chi connectivity index (χ3v) is 5.87. The molecule has 0 aliphatic carbocycles. The third kappa shape index (κ3) is 6.34. The van der Waals surface area contributed by atoms with E-state index in [-0.39, 0.29) is 18.4 Å². The molecule has 0 saturated carbocycles. The van der Waals surface area contributed by atoms with E-state index in [0.717, 1.165) is 43.0 Å². The van der Waals surface area contributed by atoms with Crippen LogP contribution in [0.3, 0.4) is 0 Å². The Balaban J connectivity index is 1.98. The van der Waals surface area contributed by atoms with E-state index in [2.05, 4.69) is 20.2 Å². The predicted octanol–water partition coefficient (Wildman–Crippen LogP) is 5.21. The van der Waals surface area contributed by atoms with Gasteiger partial charge in [0.25, 0.3) is 0 Å². The number of aromatic nitrogens is 2. The lowest BCUT2D eigenvalue weighted by molar-refractivity contribution is -0.145. The average Bonchev–Trinajstić information content (AvgIpc) is 2.79. The topological polar surface area (TPSA) is 87.6 Å². The number of halogens is 3. The lowest BCUT2D eigenvalue weighted by Gasteiger charge is -2.37. The molecule has 3 rings (SSSR count). The van der Waals surface area contributed by atoms with Crippen molar-refractivity contribution in [3.8, 4) is 0 Å². The van der Waals surface area contributed by atoms with Gasteiger partial charge in [-0.15, -0.1) is 0 Å². The van der Waals surface area contributed by atoms with Crippen molar-refractivity contribution in [3.63, 3.8) is 0 Å². The van der Waals surface area contributed by atoms with Crippen LogP contribution in [0.4, 0.5) is 30.2 Å². The van der Waals surface area contributed by atoms with E-state index in [9.17, 15) is 23.1 Å². The number of rotatable bonds is 9. The van der Waals surface area contributed by atoms with Crippen LogP contribution in [0.25, 0.3) is 0 Å². The lowest BCUT2D eigenvalue weighted by atomic mass is 9.92. The van der Waals surface area contributed by atoms with E-state index in [1.54, 1.807) is 0 Å². The molecule has 1 aliphatic heterocycles. The fourth-order valence-corrected chi connectivity index (χ4v) is 4.18. The minimum atomic E-state index is -4.61. The van der Waals surface area contributed by atoms with Gasteiger partial charge in [-0.3, -0.25) is 4.79 Å². The first-order chi connectivity index (χ1) is 15.7. The van der Waals surface area contributed by atoms with Gasteiger partial charge in [0.15, 0.2) is 0 Å². The largest absolute Gasteiger partial charge is 0.481 e. The van der Waals surface area contributed by atoms with E-state index in [1.165, 1.54) is 0 Å². The maximum Gasteiger partial charge on any atom is 0.451 e. The number of hydrogen-bond donors (Lipinski definition) is 2. The molecule has 33 heavy (non-hydrogen) atoms. The second-order valence-electron chi connectivity index (χ2n) is 8.03. The molecule has 2 N–H and O–H groups in total. The van der Waals surface area contributed by atoms with Gasteiger partial charge in [-0.25, -0.2) is 9.97 Å². The monoisotopic (exact) mass is 466 g/mol. The van der Waals surface area contributed by atoms with Crippen LogP contribution in [0, 0.1) is 0 Å². The van der Waals surface area contributed by atoms with Gasteiger partial charge in [-0.05, 0) is 49.8 Å². The van der Waals surface area contributed by atoms with E-state index in [1.807, 2.05) is 32.0 Å². The van der Waals surface area contributed by atoms with E-state index < -0.39 is 18.0 Å². The number of aliphatic carboxylic acids is 1. The Kier molecular flexibility index (Phi) is 8.12. The molecule has 0 bridgehead atoms. The summed E-state index contributed by atoms with van der Waals surface area (Å²) in [6.07, 6.45) is -0.0277. The molecule has 1 atom stereocenters. The number of carbonyl (C=O) groups is 1. The first-order valence-electron chi connectivity index (χ1n) is 11.1. The molecule has 180 valence electrons. The van der Waals surface area contributed by atoms with Crippen molar-refractivity contribution in [2.24, 2.45) is 0 Å². The summed E-state index contributed by atoms with van der Waals surface area (Å²) in [6.45, 7) is 6.05. The summed E-state index contributed by atoms with van der Waals surface area (Å²) in [5.74, 6) is -2.26. The van der Waals surface area contributed by atoms with Gasteiger partial charge in [0.1, 0.15) is 0 Å². The highest BCUT2D eigenvalue weighted by molar-refractivity contribution is 5.77. The standard InChI is InChI=1S/C23H29F3N4O3/c1-3-15(12-21(31)32)16-5-6-20(30(4-2)18-7-9-33-10-8-18)19(11-16)29-17-13-27-22(28-14-17)23(24,25)26/h5-6,11,13-15,18,29H,3-4,7-10,12H2,1-2H3,(H,31,32)/t15-/m1/s1. The highest BCUT2D eigenvalue weighted by atomic mass is 19.4. The number of nitrogens with one attached hydrogen (secondary N) is 1. The molecule has 10 heteroatoms. The van der Waals surface area contributed by atoms with Gasteiger partial charge in [-0.1, -0.05) is 13.0 Å². The van der Waals surface area contributed by atoms with Crippen LogP contribution < -0.4 is 10.2 Å². The lowest BCUT2D eigenvalue weighted by Crippen LogP contribution is -2.39. The number of hydrogen-bond acceptors (Lipinski definition) is 6. The Hall–Kier alpha value is -2.88. The number of alkyl halides is 3. The number of carboxylic acids is 1. The Morgan fingerprint density at radius 2 is 1.91 bits per heavy atom. The van der Waals surface area contributed by atoms with Crippen molar-refractivity contribution in [1.82, 2.24) is 9.97 Å². The molecule has 7 nitrogen and oxygen atoms in total. The number of benzene rings is 1. The van der Waals surface area contributed by atoms with Crippen LogP contribution in [0.1, 0.15) is 56.8 Å². The molecule has 1 saturated heterocycles. The summed E-state index contributed by atoms with van der Waals surface area (Å²) in [5, 5.41) is 12.4. The van der Waals surface area contributed by atoms with Gasteiger partial charge in [0.05, 0.1) is 35.9 Å². The van der Waals surface area contributed by atoms with Crippen LogP contribution in [-0.4, -0.2) is 46.8 Å². The quantitative estimate of drug-likeness (QED) is 0.524. The van der Waals surface area contributed by atoms with Crippen molar-refractivity contribution in [1.29, 1.82) is 0 Å². The molecule has 2 heterocycles. The molecule has 1 aromatic carbocycles. The molecular formula is C23H29F3N4O3. The molecule has 0 spiro atoms. The van der Waals surface area contributed by atoms with Crippen molar-refractivity contribution in [3.05, 3.63) is 42.0 Å². The normalized spacial score (nSPS) is 15.8. The van der Waals surface area contributed by atoms with Crippen molar-refractivity contribution in [2.75, 3.05) is 30.0 Å². The highest BCUT2D eigenvalue weighted by Gasteiger charge is 2.34. The number of nitrogens with zero attached hydrogens (tertiary/aromatic N) is 3. The summed E-state index contributed by atoms with van der Waals surface area (Å²) >= 11 is 0. The van der Waals surface area contributed by atoms with Crippen LogP contribution in [0.5, 0.6) is 0 Å². The first kappa shape index (κ1) is 24.8. The SMILES string of the molecule is CC[C@H](CC(=O)O)c1ccc(N(CC)C2CCOCC2)c(Nc2cnc(C(F)(F)F)nc2)c1. The Morgan fingerprint density at radius 3 is 2.45 bits per heavy atom. The van der Waals surface area contributed by atoms with Gasteiger partial charge in [0, 0.05) is 25.8 Å².